The van der Waals surface area contributed by atoms with Crippen LogP contribution in [-0.4, -0.2) is 10.7 Å². The van der Waals surface area contributed by atoms with Crippen LogP contribution in [0.4, 0.5) is 0 Å². The molecule has 0 heterocycles. The first kappa shape index (κ1) is 9.98. The predicted molar refractivity (Wildman–Crippen MR) is 54.5 cm³/mol. The molecule has 2 fully saturated rings. The molecule has 14 heavy (non-hydrogen) atoms. The number of nitriles is 1. The van der Waals surface area contributed by atoms with E-state index in [1.54, 1.807) is 0 Å². The molecule has 3 atom stereocenters. The molecule has 0 radical (unpaired) electrons. The zero-order valence-corrected chi connectivity index (χ0v) is 8.71. The quantitative estimate of drug-likeness (QED) is 0.695. The lowest BCUT2D eigenvalue weighted by Gasteiger charge is -2.46. The SMILES string of the molecule is N#CCC1(O)CCCC2CCCCC21. The van der Waals surface area contributed by atoms with Gasteiger partial charge < -0.3 is 5.11 Å². The smallest absolute Gasteiger partial charge is 0.0807 e. The molecular formula is C12H19NO. The Hall–Kier alpha value is -0.550. The van der Waals surface area contributed by atoms with Crippen molar-refractivity contribution < 1.29 is 5.11 Å². The Bertz CT molecular complexity index is 243. The number of hydrogen-bond acceptors (Lipinski definition) is 2. The van der Waals surface area contributed by atoms with E-state index in [4.69, 9.17) is 5.26 Å². The third kappa shape index (κ3) is 1.66. The molecule has 0 aromatic heterocycles. The summed E-state index contributed by atoms with van der Waals surface area (Å²) in [7, 11) is 0. The molecule has 0 spiro atoms. The van der Waals surface area contributed by atoms with E-state index < -0.39 is 5.60 Å². The van der Waals surface area contributed by atoms with Gasteiger partial charge in [-0.15, -0.1) is 0 Å². The van der Waals surface area contributed by atoms with Crippen LogP contribution in [0.3, 0.4) is 0 Å². The van der Waals surface area contributed by atoms with Crippen LogP contribution in [0, 0.1) is 23.2 Å². The van der Waals surface area contributed by atoms with E-state index in [0.717, 1.165) is 19.3 Å². The van der Waals surface area contributed by atoms with Crippen molar-refractivity contribution in [3.8, 4) is 6.07 Å². The molecule has 2 aliphatic carbocycles. The molecule has 1 N–H and O–H groups in total. The minimum Gasteiger partial charge on any atom is -0.389 e. The summed E-state index contributed by atoms with van der Waals surface area (Å²) in [6.45, 7) is 0. The van der Waals surface area contributed by atoms with Crippen LogP contribution in [-0.2, 0) is 0 Å². The number of aliphatic hydroxyl groups is 1. The summed E-state index contributed by atoms with van der Waals surface area (Å²) in [6, 6.07) is 2.16. The fourth-order valence-corrected chi connectivity index (χ4v) is 3.47. The van der Waals surface area contributed by atoms with Crippen molar-refractivity contribution in [3.63, 3.8) is 0 Å². The molecule has 2 nitrogen and oxygen atoms in total. The summed E-state index contributed by atoms with van der Waals surface area (Å²) >= 11 is 0. The summed E-state index contributed by atoms with van der Waals surface area (Å²) in [5.41, 5.74) is -0.641. The number of rotatable bonds is 1. The van der Waals surface area contributed by atoms with Crippen LogP contribution in [0.25, 0.3) is 0 Å². The first-order valence-electron chi connectivity index (χ1n) is 5.85. The highest BCUT2D eigenvalue weighted by atomic mass is 16.3. The van der Waals surface area contributed by atoms with Crippen LogP contribution < -0.4 is 0 Å². The molecule has 3 unspecified atom stereocenters. The van der Waals surface area contributed by atoms with Gasteiger partial charge in [-0.25, -0.2) is 0 Å². The molecular weight excluding hydrogens is 174 g/mol. The van der Waals surface area contributed by atoms with Gasteiger partial charge in [0.15, 0.2) is 0 Å². The number of hydrogen-bond donors (Lipinski definition) is 1. The lowest BCUT2D eigenvalue weighted by Crippen LogP contribution is -2.46. The number of nitrogens with zero attached hydrogens (tertiary/aromatic N) is 1. The molecule has 0 aliphatic heterocycles. The third-order valence-electron chi connectivity index (χ3n) is 4.17. The zero-order valence-electron chi connectivity index (χ0n) is 8.71. The Balaban J connectivity index is 2.12. The Labute approximate surface area is 85.9 Å². The maximum absolute atomic E-state index is 10.4. The standard InChI is InChI=1S/C12H19NO/c13-9-8-12(14)7-3-5-10-4-1-2-6-11(10)12/h10-11,14H,1-8H2. The first-order chi connectivity index (χ1) is 6.76. The average Bonchev–Trinajstić information content (AvgIpc) is 2.19. The molecule has 2 saturated carbocycles. The predicted octanol–water partition coefficient (Wildman–Crippen LogP) is 2.62. The molecule has 2 aliphatic rings. The summed E-state index contributed by atoms with van der Waals surface area (Å²) in [5.74, 6) is 1.13. The largest absolute Gasteiger partial charge is 0.389 e. The van der Waals surface area contributed by atoms with Gasteiger partial charge in [0.2, 0.25) is 0 Å². The van der Waals surface area contributed by atoms with Crippen LogP contribution >= 0.6 is 0 Å². The Morgan fingerprint density at radius 2 is 1.93 bits per heavy atom. The highest BCUT2D eigenvalue weighted by Crippen LogP contribution is 2.47. The second-order valence-corrected chi connectivity index (χ2v) is 4.98. The van der Waals surface area contributed by atoms with Gasteiger partial charge in [0.05, 0.1) is 18.1 Å². The van der Waals surface area contributed by atoms with Gasteiger partial charge in [-0.05, 0) is 31.1 Å². The Morgan fingerprint density at radius 3 is 2.71 bits per heavy atom. The van der Waals surface area contributed by atoms with Gasteiger partial charge in [-0.1, -0.05) is 25.7 Å². The summed E-state index contributed by atoms with van der Waals surface area (Å²) < 4.78 is 0. The highest BCUT2D eigenvalue weighted by Gasteiger charge is 2.44. The fourth-order valence-electron chi connectivity index (χ4n) is 3.47. The van der Waals surface area contributed by atoms with Gasteiger partial charge in [-0.2, -0.15) is 5.26 Å². The van der Waals surface area contributed by atoms with E-state index in [2.05, 4.69) is 6.07 Å². The van der Waals surface area contributed by atoms with Crippen molar-refractivity contribution >= 4 is 0 Å². The van der Waals surface area contributed by atoms with Crippen molar-refractivity contribution in [2.75, 3.05) is 0 Å². The summed E-state index contributed by atoms with van der Waals surface area (Å²) in [6.07, 6.45) is 8.56. The molecule has 0 aromatic rings. The minimum absolute atomic E-state index is 0.341. The molecule has 0 aromatic carbocycles. The maximum Gasteiger partial charge on any atom is 0.0807 e. The second-order valence-electron chi connectivity index (χ2n) is 4.98. The van der Waals surface area contributed by atoms with E-state index in [0.29, 0.717) is 18.3 Å². The Kier molecular flexibility index (Phi) is 2.78. The Morgan fingerprint density at radius 1 is 1.21 bits per heavy atom. The van der Waals surface area contributed by atoms with Crippen LogP contribution in [0.5, 0.6) is 0 Å². The fraction of sp³-hybridized carbons (Fsp3) is 0.917. The molecule has 2 rings (SSSR count). The maximum atomic E-state index is 10.4. The van der Waals surface area contributed by atoms with Crippen molar-refractivity contribution in [2.24, 2.45) is 11.8 Å². The van der Waals surface area contributed by atoms with Crippen LogP contribution in [0.2, 0.25) is 0 Å². The van der Waals surface area contributed by atoms with Crippen molar-refractivity contribution in [3.05, 3.63) is 0 Å². The van der Waals surface area contributed by atoms with Crippen molar-refractivity contribution in [1.82, 2.24) is 0 Å². The van der Waals surface area contributed by atoms with Crippen LogP contribution in [0.15, 0.2) is 0 Å². The highest BCUT2D eigenvalue weighted by molar-refractivity contribution is 5.00. The second kappa shape index (κ2) is 3.90. The number of fused-ring (bicyclic) bond motifs is 1. The lowest BCUT2D eigenvalue weighted by atomic mass is 9.62. The third-order valence-corrected chi connectivity index (χ3v) is 4.17. The topological polar surface area (TPSA) is 44.0 Å². The molecule has 0 amide bonds. The van der Waals surface area contributed by atoms with E-state index in [-0.39, 0.29) is 0 Å². The zero-order chi connectivity index (χ0) is 10.0. The van der Waals surface area contributed by atoms with E-state index >= 15 is 0 Å². The lowest BCUT2D eigenvalue weighted by molar-refractivity contribution is -0.0844. The van der Waals surface area contributed by atoms with Gasteiger partial charge in [-0.3, -0.25) is 0 Å². The van der Waals surface area contributed by atoms with E-state index in [1.165, 1.54) is 25.7 Å². The normalized spacial score (nSPS) is 42.6. The van der Waals surface area contributed by atoms with E-state index in [1.807, 2.05) is 0 Å². The first-order valence-corrected chi connectivity index (χ1v) is 5.85. The summed E-state index contributed by atoms with van der Waals surface area (Å²) in [5, 5.41) is 19.2. The van der Waals surface area contributed by atoms with Gasteiger partial charge in [0.25, 0.3) is 0 Å². The van der Waals surface area contributed by atoms with Gasteiger partial charge >= 0.3 is 0 Å². The van der Waals surface area contributed by atoms with Gasteiger partial charge in [0.1, 0.15) is 0 Å². The monoisotopic (exact) mass is 193 g/mol. The van der Waals surface area contributed by atoms with E-state index in [9.17, 15) is 5.11 Å². The molecule has 2 heteroatoms. The minimum atomic E-state index is -0.641. The van der Waals surface area contributed by atoms with Crippen molar-refractivity contribution in [1.29, 1.82) is 5.26 Å². The van der Waals surface area contributed by atoms with Crippen LogP contribution in [0.1, 0.15) is 51.4 Å². The summed E-state index contributed by atoms with van der Waals surface area (Å²) in [4.78, 5) is 0. The molecule has 0 saturated heterocycles. The average molecular weight is 193 g/mol. The molecule has 78 valence electrons. The molecule has 0 bridgehead atoms. The van der Waals surface area contributed by atoms with Gasteiger partial charge in [0, 0.05) is 0 Å². The van der Waals surface area contributed by atoms with Crippen molar-refractivity contribution in [2.45, 2.75) is 57.0 Å².